The number of carbonyl (C=O) groups is 1. The van der Waals surface area contributed by atoms with Crippen molar-refractivity contribution in [1.82, 2.24) is 5.32 Å². The number of benzene rings is 1. The minimum absolute atomic E-state index is 0.0579. The molecule has 0 aromatic heterocycles. The molecular weight excluding hydrogens is 365 g/mol. The van der Waals surface area contributed by atoms with Gasteiger partial charge in [0.25, 0.3) is 5.91 Å². The summed E-state index contributed by atoms with van der Waals surface area (Å²) in [5.41, 5.74) is 0.382. The van der Waals surface area contributed by atoms with Gasteiger partial charge in [-0.3, -0.25) is 4.79 Å². The Morgan fingerprint density at radius 2 is 2.05 bits per heavy atom. The standard InChI is InChI=1S/C16H22INO2/c1-2-3-11-4-7-13(8-5-11)18-16(20)14-10-12(17)6-9-15(14)19/h6,9-11,13,19H,2-5,7-8H2,1H3,(H,18,20). The number of phenolic OH excluding ortho intramolecular Hbond substituents is 1. The second-order valence-electron chi connectivity index (χ2n) is 5.64. The second kappa shape index (κ2) is 7.29. The minimum Gasteiger partial charge on any atom is -0.507 e. The van der Waals surface area contributed by atoms with Gasteiger partial charge < -0.3 is 10.4 Å². The maximum Gasteiger partial charge on any atom is 0.255 e. The van der Waals surface area contributed by atoms with Gasteiger partial charge in [0, 0.05) is 9.61 Å². The van der Waals surface area contributed by atoms with E-state index >= 15 is 0 Å². The molecule has 1 amide bonds. The summed E-state index contributed by atoms with van der Waals surface area (Å²) in [6, 6.07) is 5.36. The van der Waals surface area contributed by atoms with E-state index in [1.54, 1.807) is 18.2 Å². The molecule has 20 heavy (non-hydrogen) atoms. The van der Waals surface area contributed by atoms with E-state index in [0.29, 0.717) is 5.56 Å². The van der Waals surface area contributed by atoms with Crippen molar-refractivity contribution in [2.24, 2.45) is 5.92 Å². The Bertz CT molecular complexity index is 468. The van der Waals surface area contributed by atoms with Crippen LogP contribution in [0.25, 0.3) is 0 Å². The molecule has 0 bridgehead atoms. The predicted octanol–water partition coefficient (Wildman–Crippen LogP) is 4.09. The van der Waals surface area contributed by atoms with Gasteiger partial charge in [0.2, 0.25) is 0 Å². The number of halogens is 1. The first-order valence-corrected chi connectivity index (χ1v) is 8.47. The molecule has 0 unspecified atom stereocenters. The molecule has 0 spiro atoms. The Balaban J connectivity index is 1.91. The zero-order valence-corrected chi connectivity index (χ0v) is 14.0. The zero-order valence-electron chi connectivity index (χ0n) is 11.9. The highest BCUT2D eigenvalue weighted by Gasteiger charge is 2.23. The van der Waals surface area contributed by atoms with E-state index in [2.05, 4.69) is 34.8 Å². The lowest BCUT2D eigenvalue weighted by molar-refractivity contribution is 0.0918. The number of nitrogens with one attached hydrogen (secondary N) is 1. The number of rotatable bonds is 4. The van der Waals surface area contributed by atoms with Crippen LogP contribution in [0.5, 0.6) is 5.75 Å². The fourth-order valence-corrected chi connectivity index (χ4v) is 3.45. The Kier molecular flexibility index (Phi) is 5.69. The number of phenols is 1. The largest absolute Gasteiger partial charge is 0.507 e. The summed E-state index contributed by atoms with van der Waals surface area (Å²) in [5, 5.41) is 12.8. The zero-order chi connectivity index (χ0) is 14.5. The Morgan fingerprint density at radius 3 is 2.70 bits per heavy atom. The highest BCUT2D eigenvalue weighted by molar-refractivity contribution is 14.1. The van der Waals surface area contributed by atoms with Gasteiger partial charge in [-0.2, -0.15) is 0 Å². The number of hydrogen-bond acceptors (Lipinski definition) is 2. The van der Waals surface area contributed by atoms with Crippen molar-refractivity contribution in [3.63, 3.8) is 0 Å². The summed E-state index contributed by atoms with van der Waals surface area (Å²) in [4.78, 5) is 12.2. The lowest BCUT2D eigenvalue weighted by Gasteiger charge is -2.29. The minimum atomic E-state index is -0.153. The van der Waals surface area contributed by atoms with Crippen molar-refractivity contribution < 1.29 is 9.90 Å². The first kappa shape index (κ1) is 15.6. The SMILES string of the molecule is CCCC1CCC(NC(=O)c2cc(I)ccc2O)CC1. The van der Waals surface area contributed by atoms with Crippen molar-refractivity contribution in [3.05, 3.63) is 27.3 Å². The molecule has 0 heterocycles. The van der Waals surface area contributed by atoms with Crippen LogP contribution in [0, 0.1) is 9.49 Å². The van der Waals surface area contributed by atoms with Crippen molar-refractivity contribution in [2.75, 3.05) is 0 Å². The van der Waals surface area contributed by atoms with Crippen LogP contribution in [0.3, 0.4) is 0 Å². The molecule has 2 rings (SSSR count). The third-order valence-corrected chi connectivity index (χ3v) is 4.75. The maximum atomic E-state index is 12.2. The van der Waals surface area contributed by atoms with E-state index in [0.717, 1.165) is 22.3 Å². The summed E-state index contributed by atoms with van der Waals surface area (Å²) < 4.78 is 0.956. The third kappa shape index (κ3) is 4.11. The third-order valence-electron chi connectivity index (χ3n) is 4.08. The Labute approximate surface area is 134 Å². The maximum absolute atomic E-state index is 12.2. The second-order valence-corrected chi connectivity index (χ2v) is 6.89. The number of carbonyl (C=O) groups excluding carboxylic acids is 1. The summed E-state index contributed by atoms with van der Waals surface area (Å²) in [7, 11) is 0. The van der Waals surface area contributed by atoms with E-state index in [9.17, 15) is 9.90 Å². The molecular formula is C16H22INO2. The van der Waals surface area contributed by atoms with Crippen LogP contribution in [-0.4, -0.2) is 17.1 Å². The topological polar surface area (TPSA) is 49.3 Å². The molecule has 110 valence electrons. The van der Waals surface area contributed by atoms with Crippen molar-refractivity contribution in [3.8, 4) is 5.75 Å². The Morgan fingerprint density at radius 1 is 1.35 bits per heavy atom. The molecule has 0 aliphatic heterocycles. The molecule has 1 aromatic carbocycles. The fourth-order valence-electron chi connectivity index (χ4n) is 2.96. The normalized spacial score (nSPS) is 22.5. The van der Waals surface area contributed by atoms with Gasteiger partial charge in [-0.1, -0.05) is 19.8 Å². The van der Waals surface area contributed by atoms with Crippen LogP contribution >= 0.6 is 22.6 Å². The highest BCUT2D eigenvalue weighted by Crippen LogP contribution is 2.28. The van der Waals surface area contributed by atoms with Crippen LogP contribution in [0.4, 0.5) is 0 Å². The molecule has 1 aliphatic rings. The van der Waals surface area contributed by atoms with E-state index in [1.807, 2.05) is 0 Å². The highest BCUT2D eigenvalue weighted by atomic mass is 127. The summed E-state index contributed by atoms with van der Waals surface area (Å²) in [5.74, 6) is 0.738. The molecule has 1 fully saturated rings. The van der Waals surface area contributed by atoms with Gasteiger partial charge in [0.1, 0.15) is 5.75 Å². The van der Waals surface area contributed by atoms with Crippen LogP contribution in [0.15, 0.2) is 18.2 Å². The quantitative estimate of drug-likeness (QED) is 0.765. The van der Waals surface area contributed by atoms with Gasteiger partial charge in [-0.25, -0.2) is 0 Å². The van der Waals surface area contributed by atoms with Gasteiger partial charge in [0.05, 0.1) is 5.56 Å². The monoisotopic (exact) mass is 387 g/mol. The van der Waals surface area contributed by atoms with Crippen LogP contribution in [-0.2, 0) is 0 Å². The summed E-state index contributed by atoms with van der Waals surface area (Å²) >= 11 is 2.15. The molecule has 4 heteroatoms. The van der Waals surface area contributed by atoms with E-state index in [4.69, 9.17) is 0 Å². The molecule has 1 saturated carbocycles. The molecule has 0 atom stereocenters. The smallest absolute Gasteiger partial charge is 0.255 e. The lowest BCUT2D eigenvalue weighted by Crippen LogP contribution is -2.37. The first-order chi connectivity index (χ1) is 9.60. The van der Waals surface area contributed by atoms with Gasteiger partial charge in [0.15, 0.2) is 0 Å². The number of hydrogen-bond donors (Lipinski definition) is 2. The van der Waals surface area contributed by atoms with E-state index in [-0.39, 0.29) is 17.7 Å². The van der Waals surface area contributed by atoms with Gasteiger partial charge in [-0.05, 0) is 72.4 Å². The molecule has 3 nitrogen and oxygen atoms in total. The fraction of sp³-hybridized carbons (Fsp3) is 0.562. The molecule has 1 aromatic rings. The molecule has 0 saturated heterocycles. The van der Waals surface area contributed by atoms with Gasteiger partial charge in [-0.15, -0.1) is 0 Å². The van der Waals surface area contributed by atoms with Crippen molar-refractivity contribution in [2.45, 2.75) is 51.5 Å². The summed E-state index contributed by atoms with van der Waals surface area (Å²) in [6.45, 7) is 2.23. The molecule has 1 aliphatic carbocycles. The Hall–Kier alpha value is -0.780. The average molecular weight is 387 g/mol. The lowest BCUT2D eigenvalue weighted by atomic mass is 9.83. The van der Waals surface area contributed by atoms with Crippen molar-refractivity contribution in [1.29, 1.82) is 0 Å². The number of amides is 1. The number of aromatic hydroxyl groups is 1. The van der Waals surface area contributed by atoms with E-state index in [1.165, 1.54) is 25.7 Å². The van der Waals surface area contributed by atoms with Crippen LogP contribution < -0.4 is 5.32 Å². The summed E-state index contributed by atoms with van der Waals surface area (Å²) in [6.07, 6.45) is 7.08. The van der Waals surface area contributed by atoms with Crippen LogP contribution in [0.1, 0.15) is 55.8 Å². The predicted molar refractivity (Wildman–Crippen MR) is 88.9 cm³/mol. The first-order valence-electron chi connectivity index (χ1n) is 7.39. The van der Waals surface area contributed by atoms with Crippen LogP contribution in [0.2, 0.25) is 0 Å². The van der Waals surface area contributed by atoms with Gasteiger partial charge >= 0.3 is 0 Å². The van der Waals surface area contributed by atoms with E-state index < -0.39 is 0 Å². The van der Waals surface area contributed by atoms with Crippen molar-refractivity contribution >= 4 is 28.5 Å². The molecule has 0 radical (unpaired) electrons. The average Bonchev–Trinajstić information content (AvgIpc) is 2.44. The molecule has 2 N–H and O–H groups in total.